The summed E-state index contributed by atoms with van der Waals surface area (Å²) in [5.74, 6) is 1.57. The Morgan fingerprint density at radius 2 is 1.61 bits per heavy atom. The van der Waals surface area contributed by atoms with Gasteiger partial charge in [-0.2, -0.15) is 8.78 Å². The van der Waals surface area contributed by atoms with E-state index in [4.69, 9.17) is 14.2 Å². The predicted octanol–water partition coefficient (Wildman–Crippen LogP) is 3.18. The lowest BCUT2D eigenvalue weighted by Gasteiger charge is -2.18. The van der Waals surface area contributed by atoms with Crippen LogP contribution in [0.1, 0.15) is 11.4 Å². The first-order valence-electron chi connectivity index (χ1n) is 9.29. The molecular weight excluding hydrogens is 412 g/mol. The first-order valence-corrected chi connectivity index (χ1v) is 9.29. The molecule has 166 valence electrons. The third kappa shape index (κ3) is 5.21. The number of rotatable bonds is 9. The van der Waals surface area contributed by atoms with Crippen molar-refractivity contribution in [3.8, 4) is 23.0 Å². The second kappa shape index (κ2) is 9.61. The molecule has 0 saturated carbocycles. The molecule has 0 aliphatic heterocycles. The Morgan fingerprint density at radius 3 is 2.26 bits per heavy atom. The van der Waals surface area contributed by atoms with Gasteiger partial charge in [0.25, 0.3) is 5.56 Å². The Labute approximate surface area is 177 Å². The van der Waals surface area contributed by atoms with Gasteiger partial charge < -0.3 is 23.9 Å². The summed E-state index contributed by atoms with van der Waals surface area (Å²) in [6, 6.07) is 7.97. The molecule has 0 bridgehead atoms. The molecule has 1 N–H and O–H groups in total. The smallest absolute Gasteiger partial charge is 0.387 e. The largest absolute Gasteiger partial charge is 0.493 e. The van der Waals surface area contributed by atoms with Crippen LogP contribution in [0.2, 0.25) is 0 Å². The van der Waals surface area contributed by atoms with Crippen LogP contribution in [0.15, 0.2) is 35.1 Å². The molecule has 0 aliphatic rings. The second-order valence-corrected chi connectivity index (χ2v) is 6.77. The van der Waals surface area contributed by atoms with Crippen molar-refractivity contribution in [3.05, 3.63) is 52.1 Å². The maximum absolute atomic E-state index is 12.5. The highest BCUT2D eigenvalue weighted by molar-refractivity contribution is 5.81. The fourth-order valence-corrected chi connectivity index (χ4v) is 3.22. The lowest BCUT2D eigenvalue weighted by molar-refractivity contribution is -0.0512. The molecule has 8 nitrogen and oxygen atoms in total. The molecule has 1 heterocycles. The summed E-state index contributed by atoms with van der Waals surface area (Å²) in [7, 11) is 6.23. The predicted molar refractivity (Wildman–Crippen MR) is 110 cm³/mol. The van der Waals surface area contributed by atoms with Crippen molar-refractivity contribution < 1.29 is 27.7 Å². The number of aromatic nitrogens is 2. The third-order valence-corrected chi connectivity index (χ3v) is 4.58. The number of hydrogen-bond acceptors (Lipinski definition) is 7. The van der Waals surface area contributed by atoms with Crippen LogP contribution in [-0.2, 0) is 13.1 Å². The van der Waals surface area contributed by atoms with Gasteiger partial charge in [0.1, 0.15) is 5.82 Å². The number of nitrogens with one attached hydrogen (secondary N) is 1. The highest BCUT2D eigenvalue weighted by atomic mass is 19.3. The van der Waals surface area contributed by atoms with Gasteiger partial charge in [0.05, 0.1) is 38.8 Å². The Morgan fingerprint density at radius 1 is 0.968 bits per heavy atom. The highest BCUT2D eigenvalue weighted by Gasteiger charge is 2.14. The molecule has 31 heavy (non-hydrogen) atoms. The first-order chi connectivity index (χ1) is 14.8. The van der Waals surface area contributed by atoms with E-state index in [0.717, 1.165) is 5.56 Å². The molecule has 0 aliphatic carbocycles. The van der Waals surface area contributed by atoms with Crippen LogP contribution in [0.4, 0.5) is 8.78 Å². The topological polar surface area (TPSA) is 85.9 Å². The number of nitrogens with zero attached hydrogens (tertiary/aromatic N) is 2. The number of H-pyrrole nitrogens is 1. The Bertz CT molecular complexity index is 1120. The highest BCUT2D eigenvalue weighted by Crippen LogP contribution is 2.31. The second-order valence-electron chi connectivity index (χ2n) is 6.77. The molecule has 3 rings (SSSR count). The van der Waals surface area contributed by atoms with Gasteiger partial charge in [-0.3, -0.25) is 9.69 Å². The zero-order chi connectivity index (χ0) is 22.5. The van der Waals surface area contributed by atoms with E-state index in [9.17, 15) is 13.6 Å². The summed E-state index contributed by atoms with van der Waals surface area (Å²) >= 11 is 0. The Hall–Kier alpha value is -3.40. The minimum atomic E-state index is -2.93. The first kappa shape index (κ1) is 22.3. The molecule has 0 radical (unpaired) electrons. The van der Waals surface area contributed by atoms with Gasteiger partial charge in [-0.1, -0.05) is 6.07 Å². The summed E-state index contributed by atoms with van der Waals surface area (Å²) in [5.41, 5.74) is 1.01. The number of benzene rings is 2. The summed E-state index contributed by atoms with van der Waals surface area (Å²) in [5, 5.41) is 0.392. The van der Waals surface area contributed by atoms with E-state index >= 15 is 0 Å². The molecular formula is C21H23F2N3O5. The number of methoxy groups -OCH3 is 3. The molecule has 0 amide bonds. The molecule has 2 aromatic carbocycles. The van der Waals surface area contributed by atoms with Gasteiger partial charge in [0.2, 0.25) is 0 Å². The molecule has 0 atom stereocenters. The molecule has 0 unspecified atom stereocenters. The van der Waals surface area contributed by atoms with E-state index < -0.39 is 6.61 Å². The van der Waals surface area contributed by atoms with E-state index in [1.807, 2.05) is 11.9 Å². The molecule has 0 spiro atoms. The molecule has 0 fully saturated rings. The van der Waals surface area contributed by atoms with Crippen molar-refractivity contribution in [1.29, 1.82) is 0 Å². The number of alkyl halides is 2. The fourth-order valence-electron chi connectivity index (χ4n) is 3.22. The van der Waals surface area contributed by atoms with Crippen LogP contribution >= 0.6 is 0 Å². The fraction of sp³-hybridized carbons (Fsp3) is 0.333. The molecule has 1 aromatic heterocycles. The van der Waals surface area contributed by atoms with Crippen LogP contribution in [0.25, 0.3) is 10.9 Å². The van der Waals surface area contributed by atoms with E-state index in [1.165, 1.54) is 27.4 Å². The van der Waals surface area contributed by atoms with Gasteiger partial charge in [0.15, 0.2) is 23.0 Å². The van der Waals surface area contributed by atoms with Gasteiger partial charge in [0, 0.05) is 12.6 Å². The number of halogens is 2. The number of fused-ring (bicyclic) bond motifs is 1. The maximum Gasteiger partial charge on any atom is 0.387 e. The van der Waals surface area contributed by atoms with Gasteiger partial charge >= 0.3 is 6.61 Å². The summed E-state index contributed by atoms with van der Waals surface area (Å²) in [6.07, 6.45) is 0. The molecule has 10 heteroatoms. The lowest BCUT2D eigenvalue weighted by Crippen LogP contribution is -2.22. The van der Waals surface area contributed by atoms with Crippen molar-refractivity contribution in [3.63, 3.8) is 0 Å². The number of ether oxygens (including phenoxy) is 4. The minimum Gasteiger partial charge on any atom is -0.493 e. The van der Waals surface area contributed by atoms with Gasteiger partial charge in [-0.15, -0.1) is 0 Å². The monoisotopic (exact) mass is 435 g/mol. The zero-order valence-electron chi connectivity index (χ0n) is 17.6. The standard InChI is InChI=1S/C21H23F2N3O5/c1-26(10-12-5-6-15(31-21(22)23)16(7-12)28-2)11-19-24-14-9-18(30-4)17(29-3)8-13(14)20(27)25-19/h5-9,21H,10-11H2,1-4H3,(H,24,25,27). The Kier molecular flexibility index (Phi) is 6.91. The third-order valence-electron chi connectivity index (χ3n) is 4.58. The van der Waals surface area contributed by atoms with Crippen LogP contribution in [0.5, 0.6) is 23.0 Å². The van der Waals surface area contributed by atoms with Crippen molar-refractivity contribution in [2.75, 3.05) is 28.4 Å². The average molecular weight is 435 g/mol. The maximum atomic E-state index is 12.5. The van der Waals surface area contributed by atoms with E-state index in [-0.39, 0.29) is 17.1 Å². The van der Waals surface area contributed by atoms with Crippen LogP contribution in [0, 0.1) is 0 Å². The van der Waals surface area contributed by atoms with Crippen LogP contribution in [0.3, 0.4) is 0 Å². The Balaban J connectivity index is 1.80. The summed E-state index contributed by atoms with van der Waals surface area (Å²) < 4.78 is 45.1. The summed E-state index contributed by atoms with van der Waals surface area (Å²) in [4.78, 5) is 21.7. The van der Waals surface area contributed by atoms with E-state index in [2.05, 4.69) is 14.7 Å². The van der Waals surface area contributed by atoms with Crippen molar-refractivity contribution in [1.82, 2.24) is 14.9 Å². The average Bonchev–Trinajstić information content (AvgIpc) is 2.73. The van der Waals surface area contributed by atoms with Gasteiger partial charge in [-0.25, -0.2) is 4.98 Å². The van der Waals surface area contributed by atoms with Gasteiger partial charge in [-0.05, 0) is 30.8 Å². The van der Waals surface area contributed by atoms with Crippen LogP contribution < -0.4 is 24.5 Å². The minimum absolute atomic E-state index is 0.0335. The number of hydrogen-bond donors (Lipinski definition) is 1. The van der Waals surface area contributed by atoms with E-state index in [0.29, 0.717) is 41.3 Å². The quantitative estimate of drug-likeness (QED) is 0.553. The van der Waals surface area contributed by atoms with Crippen molar-refractivity contribution in [2.45, 2.75) is 19.7 Å². The number of aromatic amines is 1. The molecule has 0 saturated heterocycles. The normalized spacial score (nSPS) is 11.2. The summed E-state index contributed by atoms with van der Waals surface area (Å²) in [6.45, 7) is -2.13. The van der Waals surface area contributed by atoms with Crippen molar-refractivity contribution in [2.24, 2.45) is 0 Å². The molecule has 3 aromatic rings. The zero-order valence-corrected chi connectivity index (χ0v) is 17.6. The lowest BCUT2D eigenvalue weighted by atomic mass is 10.2. The van der Waals surface area contributed by atoms with E-state index in [1.54, 1.807) is 24.3 Å². The van der Waals surface area contributed by atoms with Crippen LogP contribution in [-0.4, -0.2) is 49.9 Å². The SMILES string of the molecule is COc1cc2nc(CN(C)Cc3ccc(OC(F)F)c(OC)c3)[nH]c(=O)c2cc1OC. The van der Waals surface area contributed by atoms with Crippen molar-refractivity contribution >= 4 is 10.9 Å².